The highest BCUT2D eigenvalue weighted by Crippen LogP contribution is 2.37. The van der Waals surface area contributed by atoms with Crippen LogP contribution in [0.3, 0.4) is 0 Å². The molecule has 0 heterocycles. The third-order valence-corrected chi connectivity index (χ3v) is 6.70. The molecule has 6 unspecified atom stereocenters. The van der Waals surface area contributed by atoms with Crippen LogP contribution in [0.1, 0.15) is 79.1 Å². The van der Waals surface area contributed by atoms with Crippen molar-refractivity contribution < 1.29 is 0 Å². The second kappa shape index (κ2) is 17.9. The molecule has 2 aliphatic rings. The molecule has 0 aromatic heterocycles. The standard InChI is InChI=1S/C12H18.C10H19.C6H8.C2H5/c1-5-11-8-12(9(2)3)7-6-10(11)4;1-4-10-6-5-8(2)9(3)7-10;1-5(2)6(3)4;1-2/h2,10-12H,1,3-8H2;8-10H,1,4-7H2,2-3H3;1H,2-3H2,4H3;1H2,2H3. The van der Waals surface area contributed by atoms with Crippen LogP contribution in [0.5, 0.6) is 0 Å². The van der Waals surface area contributed by atoms with Gasteiger partial charge in [0, 0.05) is 0 Å². The minimum atomic E-state index is 0.523. The molecule has 8 radical (unpaired) electrons. The molecule has 0 nitrogen and oxygen atoms in total. The predicted molar refractivity (Wildman–Crippen MR) is 137 cm³/mol. The molecule has 0 aliphatic heterocycles. The Bertz CT molecular complexity index is 456. The van der Waals surface area contributed by atoms with Crippen molar-refractivity contribution in [3.05, 3.63) is 78.0 Å². The van der Waals surface area contributed by atoms with Gasteiger partial charge in [0.1, 0.15) is 0 Å². The summed E-state index contributed by atoms with van der Waals surface area (Å²) in [5, 5.41) is 0. The van der Waals surface area contributed by atoms with Crippen LogP contribution in [0, 0.1) is 90.2 Å². The lowest BCUT2D eigenvalue weighted by atomic mass is 9.72. The van der Waals surface area contributed by atoms with Crippen LogP contribution in [0.25, 0.3) is 0 Å². The molecular formula is C30H50. The van der Waals surface area contributed by atoms with Gasteiger partial charge in [0.2, 0.25) is 0 Å². The first-order chi connectivity index (χ1) is 14.0. The lowest BCUT2D eigenvalue weighted by molar-refractivity contribution is 0.209. The average molecular weight is 411 g/mol. The van der Waals surface area contributed by atoms with Gasteiger partial charge in [-0.2, -0.15) is 0 Å². The van der Waals surface area contributed by atoms with Gasteiger partial charge in [-0.15, -0.1) is 0 Å². The van der Waals surface area contributed by atoms with E-state index in [1.54, 1.807) is 6.92 Å². The smallest absolute Gasteiger partial charge is 0.0197 e. The minimum absolute atomic E-state index is 0.523. The topological polar surface area (TPSA) is 0 Å². The molecule has 0 heteroatoms. The Morgan fingerprint density at radius 2 is 1.40 bits per heavy atom. The van der Waals surface area contributed by atoms with Crippen LogP contribution in [0.4, 0.5) is 0 Å². The third kappa shape index (κ3) is 13.5. The molecule has 2 fully saturated rings. The van der Waals surface area contributed by atoms with E-state index < -0.39 is 0 Å². The van der Waals surface area contributed by atoms with Gasteiger partial charge in [0.05, 0.1) is 0 Å². The Morgan fingerprint density at radius 3 is 1.77 bits per heavy atom. The van der Waals surface area contributed by atoms with Crippen molar-refractivity contribution in [2.45, 2.75) is 79.1 Å². The van der Waals surface area contributed by atoms with Gasteiger partial charge in [0.15, 0.2) is 0 Å². The molecule has 2 saturated carbocycles. The molecule has 0 aromatic carbocycles. The average Bonchev–Trinajstić information content (AvgIpc) is 2.72. The summed E-state index contributed by atoms with van der Waals surface area (Å²) in [6, 6.07) is 0. The Morgan fingerprint density at radius 1 is 0.867 bits per heavy atom. The zero-order chi connectivity index (χ0) is 23.9. The van der Waals surface area contributed by atoms with Crippen molar-refractivity contribution in [3.8, 4) is 0 Å². The summed E-state index contributed by atoms with van der Waals surface area (Å²) in [5.41, 5.74) is 2.25. The summed E-state index contributed by atoms with van der Waals surface area (Å²) in [4.78, 5) is 0. The lowest BCUT2D eigenvalue weighted by Gasteiger charge is -2.33. The van der Waals surface area contributed by atoms with Crippen molar-refractivity contribution in [2.75, 3.05) is 0 Å². The van der Waals surface area contributed by atoms with E-state index in [0.717, 1.165) is 48.2 Å². The van der Waals surface area contributed by atoms with Crippen LogP contribution in [-0.4, -0.2) is 0 Å². The van der Waals surface area contributed by atoms with E-state index in [-0.39, 0.29) is 0 Å². The van der Waals surface area contributed by atoms with Crippen LogP contribution >= 0.6 is 0 Å². The largest absolute Gasteiger partial charge is 0.0958 e. The quantitative estimate of drug-likeness (QED) is 0.405. The van der Waals surface area contributed by atoms with Crippen LogP contribution in [0.2, 0.25) is 0 Å². The van der Waals surface area contributed by atoms with E-state index in [0.29, 0.717) is 23.3 Å². The van der Waals surface area contributed by atoms with Crippen LogP contribution < -0.4 is 0 Å². The number of hydrogen-bond donors (Lipinski definition) is 0. The maximum Gasteiger partial charge on any atom is -0.0197 e. The summed E-state index contributed by atoms with van der Waals surface area (Å²) >= 11 is 0. The molecule has 0 saturated heterocycles. The number of rotatable bonds is 4. The first kappa shape index (κ1) is 31.4. The summed E-state index contributed by atoms with van der Waals surface area (Å²) in [7, 11) is 0. The fourth-order valence-corrected chi connectivity index (χ4v) is 3.94. The van der Waals surface area contributed by atoms with Crippen molar-refractivity contribution in [1.29, 1.82) is 0 Å². The van der Waals surface area contributed by atoms with Gasteiger partial charge in [-0.25, -0.2) is 0 Å². The van der Waals surface area contributed by atoms with E-state index in [1.165, 1.54) is 32.1 Å². The van der Waals surface area contributed by atoms with Gasteiger partial charge in [-0.1, -0.05) is 98.1 Å². The minimum Gasteiger partial charge on any atom is -0.0958 e. The van der Waals surface area contributed by atoms with E-state index >= 15 is 0 Å². The van der Waals surface area contributed by atoms with E-state index in [2.05, 4.69) is 62.0 Å². The fraction of sp³-hybridized carbons (Fsp3) is 0.600. The molecule has 0 spiro atoms. The number of hydrogen-bond acceptors (Lipinski definition) is 0. The molecule has 6 atom stereocenters. The van der Waals surface area contributed by atoms with Crippen molar-refractivity contribution in [2.24, 2.45) is 35.5 Å². The van der Waals surface area contributed by atoms with Crippen molar-refractivity contribution in [1.82, 2.24) is 0 Å². The Kier molecular flexibility index (Phi) is 18.7. The van der Waals surface area contributed by atoms with Crippen molar-refractivity contribution >= 4 is 0 Å². The number of allylic oxidation sites excluding steroid dienone is 3. The normalized spacial score (nSPS) is 30.2. The summed E-state index contributed by atoms with van der Waals surface area (Å²) in [5.74, 6) is 4.60. The molecular weight excluding hydrogens is 360 g/mol. The molecule has 0 N–H and O–H groups in total. The van der Waals surface area contributed by atoms with E-state index in [1.807, 2.05) is 6.92 Å². The van der Waals surface area contributed by atoms with E-state index in [9.17, 15) is 0 Å². The van der Waals surface area contributed by atoms with Gasteiger partial charge in [-0.3, -0.25) is 0 Å². The summed E-state index contributed by atoms with van der Waals surface area (Å²) in [6.45, 7) is 45.2. The van der Waals surface area contributed by atoms with Gasteiger partial charge < -0.3 is 0 Å². The third-order valence-electron chi connectivity index (χ3n) is 6.70. The first-order valence-electron chi connectivity index (χ1n) is 11.7. The van der Waals surface area contributed by atoms with Gasteiger partial charge in [-0.05, 0) is 94.5 Å². The Hall–Kier alpha value is -0.780. The fourth-order valence-electron chi connectivity index (χ4n) is 3.94. The first-order valence-corrected chi connectivity index (χ1v) is 11.7. The Balaban J connectivity index is 0. The molecule has 0 amide bonds. The second-order valence-corrected chi connectivity index (χ2v) is 9.12. The predicted octanol–water partition coefficient (Wildman–Crippen LogP) is 9.15. The van der Waals surface area contributed by atoms with Crippen LogP contribution in [0.15, 0.2) is 23.3 Å². The Labute approximate surface area is 192 Å². The molecule has 0 bridgehead atoms. The molecule has 170 valence electrons. The molecule has 2 rings (SSSR count). The van der Waals surface area contributed by atoms with Crippen LogP contribution in [-0.2, 0) is 0 Å². The zero-order valence-corrected chi connectivity index (χ0v) is 20.7. The summed E-state index contributed by atoms with van der Waals surface area (Å²) in [6.07, 6.45) is 9.91. The maximum atomic E-state index is 5.69. The zero-order valence-electron chi connectivity index (χ0n) is 20.7. The monoisotopic (exact) mass is 410 g/mol. The van der Waals surface area contributed by atoms with Crippen molar-refractivity contribution in [3.63, 3.8) is 0 Å². The molecule has 0 aromatic rings. The second-order valence-electron chi connectivity index (χ2n) is 9.12. The van der Waals surface area contributed by atoms with Gasteiger partial charge >= 0.3 is 0 Å². The molecule has 30 heavy (non-hydrogen) atoms. The highest BCUT2D eigenvalue weighted by atomic mass is 14.3. The SMILES string of the molecule is [CH2]C.[CH2]CC1CCC(C)C(C)C1.[CH]=C([CH2])C(=C)C.[CH]=C([CH2])C1CCC([CH2])C(C[CH2])C1. The van der Waals surface area contributed by atoms with E-state index in [4.69, 9.17) is 13.2 Å². The summed E-state index contributed by atoms with van der Waals surface area (Å²) < 4.78 is 0. The lowest BCUT2D eigenvalue weighted by Crippen LogP contribution is -2.23. The highest BCUT2D eigenvalue weighted by Gasteiger charge is 2.26. The van der Waals surface area contributed by atoms with Gasteiger partial charge in [0.25, 0.3) is 0 Å². The highest BCUT2D eigenvalue weighted by molar-refractivity contribution is 5.23. The molecule has 2 aliphatic carbocycles. The maximum absolute atomic E-state index is 5.69.